The van der Waals surface area contributed by atoms with Crippen LogP contribution in [0.15, 0.2) is 12.4 Å². The van der Waals surface area contributed by atoms with Gasteiger partial charge in [0, 0.05) is 12.4 Å². The van der Waals surface area contributed by atoms with E-state index in [-0.39, 0.29) is 13.2 Å². The van der Waals surface area contributed by atoms with Crippen molar-refractivity contribution >= 4 is 5.95 Å². The monoisotopic (exact) mass is 211 g/mol. The van der Waals surface area contributed by atoms with E-state index in [1.807, 2.05) is 13.8 Å². The number of hydrogen-bond donors (Lipinski definition) is 3. The molecule has 0 aliphatic rings. The molecule has 0 fully saturated rings. The number of aromatic nitrogens is 2. The van der Waals surface area contributed by atoms with Gasteiger partial charge in [0.25, 0.3) is 0 Å². The summed E-state index contributed by atoms with van der Waals surface area (Å²) in [5.41, 5.74) is 0.227. The summed E-state index contributed by atoms with van der Waals surface area (Å²) in [5.74, 6) is 0.422. The van der Waals surface area contributed by atoms with Crippen LogP contribution in [0.25, 0.3) is 0 Å². The molecule has 0 aliphatic heterocycles. The Morgan fingerprint density at radius 1 is 1.27 bits per heavy atom. The van der Waals surface area contributed by atoms with Crippen molar-refractivity contribution in [2.24, 2.45) is 0 Å². The highest BCUT2D eigenvalue weighted by molar-refractivity contribution is 5.29. The number of aliphatic hydroxyl groups is 2. The summed E-state index contributed by atoms with van der Waals surface area (Å²) in [6.07, 6.45) is 3.96. The molecule has 0 aliphatic carbocycles. The second-order valence-electron chi connectivity index (χ2n) is 3.66. The average Bonchev–Trinajstić information content (AvgIpc) is 2.29. The number of hydrogen-bond acceptors (Lipinski definition) is 5. The molecular weight excluding hydrogens is 194 g/mol. The summed E-state index contributed by atoms with van der Waals surface area (Å²) < 4.78 is 0. The van der Waals surface area contributed by atoms with Crippen molar-refractivity contribution in [3.63, 3.8) is 0 Å². The average molecular weight is 211 g/mol. The molecule has 5 nitrogen and oxygen atoms in total. The van der Waals surface area contributed by atoms with Crippen LogP contribution in [0.5, 0.6) is 0 Å². The molecule has 15 heavy (non-hydrogen) atoms. The molecule has 0 atom stereocenters. The van der Waals surface area contributed by atoms with Gasteiger partial charge in [-0.25, -0.2) is 9.97 Å². The van der Waals surface area contributed by atoms with Gasteiger partial charge in [0.2, 0.25) is 5.95 Å². The van der Waals surface area contributed by atoms with Gasteiger partial charge in [-0.1, -0.05) is 6.92 Å². The van der Waals surface area contributed by atoms with Gasteiger partial charge >= 0.3 is 0 Å². The molecule has 0 radical (unpaired) electrons. The number of aryl methyl sites for hydroxylation is 1. The lowest BCUT2D eigenvalue weighted by molar-refractivity contribution is 0.132. The maximum Gasteiger partial charge on any atom is 0.223 e. The van der Waals surface area contributed by atoms with Gasteiger partial charge in [-0.15, -0.1) is 0 Å². The fourth-order valence-electron chi connectivity index (χ4n) is 1.14. The first-order valence-electron chi connectivity index (χ1n) is 4.94. The summed E-state index contributed by atoms with van der Waals surface area (Å²) in [5, 5.41) is 21.4. The highest BCUT2D eigenvalue weighted by atomic mass is 16.3. The summed E-state index contributed by atoms with van der Waals surface area (Å²) >= 11 is 0. The van der Waals surface area contributed by atoms with Crippen LogP contribution in [0.4, 0.5) is 5.95 Å². The molecule has 0 unspecified atom stereocenters. The third-order valence-electron chi connectivity index (χ3n) is 2.44. The van der Waals surface area contributed by atoms with Crippen LogP contribution in [0.3, 0.4) is 0 Å². The van der Waals surface area contributed by atoms with Gasteiger partial charge in [0.1, 0.15) is 0 Å². The first-order chi connectivity index (χ1) is 7.15. The Morgan fingerprint density at radius 3 is 2.20 bits per heavy atom. The van der Waals surface area contributed by atoms with Crippen molar-refractivity contribution in [3.8, 4) is 0 Å². The Bertz CT molecular complexity index is 288. The zero-order valence-corrected chi connectivity index (χ0v) is 9.06. The molecule has 1 aromatic heterocycles. The van der Waals surface area contributed by atoms with E-state index in [1.165, 1.54) is 0 Å². The van der Waals surface area contributed by atoms with E-state index < -0.39 is 5.54 Å². The maximum atomic E-state index is 9.21. The van der Waals surface area contributed by atoms with E-state index >= 15 is 0 Å². The third-order valence-corrected chi connectivity index (χ3v) is 2.44. The molecule has 0 saturated heterocycles. The van der Waals surface area contributed by atoms with Crippen LogP contribution >= 0.6 is 0 Å². The van der Waals surface area contributed by atoms with Crippen LogP contribution < -0.4 is 5.32 Å². The number of rotatable bonds is 5. The van der Waals surface area contributed by atoms with Gasteiger partial charge in [-0.05, 0) is 18.9 Å². The van der Waals surface area contributed by atoms with Crippen molar-refractivity contribution in [2.75, 3.05) is 18.5 Å². The van der Waals surface area contributed by atoms with Gasteiger partial charge in [0.15, 0.2) is 0 Å². The molecule has 0 saturated carbocycles. The normalized spacial score (nSPS) is 11.5. The van der Waals surface area contributed by atoms with Crippen LogP contribution in [-0.2, 0) is 0 Å². The fraction of sp³-hybridized carbons (Fsp3) is 0.600. The van der Waals surface area contributed by atoms with Crippen molar-refractivity contribution in [1.29, 1.82) is 0 Å². The van der Waals surface area contributed by atoms with Gasteiger partial charge in [-0.2, -0.15) is 0 Å². The number of anilines is 1. The van der Waals surface area contributed by atoms with Crippen LogP contribution in [0, 0.1) is 6.92 Å². The van der Waals surface area contributed by atoms with Crippen molar-refractivity contribution in [2.45, 2.75) is 25.8 Å². The zero-order chi connectivity index (χ0) is 11.3. The van der Waals surface area contributed by atoms with Crippen LogP contribution in [-0.4, -0.2) is 38.9 Å². The number of nitrogens with zero attached hydrogens (tertiary/aromatic N) is 2. The summed E-state index contributed by atoms with van der Waals surface area (Å²) in [6, 6.07) is 0. The topological polar surface area (TPSA) is 78.3 Å². The molecule has 0 bridgehead atoms. The lowest BCUT2D eigenvalue weighted by Crippen LogP contribution is -2.45. The van der Waals surface area contributed by atoms with Crippen molar-refractivity contribution < 1.29 is 10.2 Å². The Balaban J connectivity index is 2.78. The highest BCUT2D eigenvalue weighted by Gasteiger charge is 2.27. The summed E-state index contributed by atoms with van der Waals surface area (Å²) in [4.78, 5) is 8.13. The smallest absolute Gasteiger partial charge is 0.223 e. The van der Waals surface area contributed by atoms with E-state index in [0.717, 1.165) is 5.56 Å². The predicted octanol–water partition coefficient (Wildman–Crippen LogP) is 0.330. The first kappa shape index (κ1) is 11.9. The maximum absolute atomic E-state index is 9.21. The zero-order valence-electron chi connectivity index (χ0n) is 9.06. The molecule has 5 heteroatoms. The van der Waals surface area contributed by atoms with Gasteiger partial charge in [-0.3, -0.25) is 0 Å². The third kappa shape index (κ3) is 2.87. The number of nitrogens with one attached hydrogen (secondary N) is 1. The Kier molecular flexibility index (Phi) is 3.99. The van der Waals surface area contributed by atoms with Gasteiger partial charge < -0.3 is 15.5 Å². The Hall–Kier alpha value is -1.20. The Labute approximate surface area is 89.2 Å². The lowest BCUT2D eigenvalue weighted by Gasteiger charge is -2.29. The second-order valence-corrected chi connectivity index (χ2v) is 3.66. The minimum atomic E-state index is -0.741. The standard InChI is InChI=1S/C10H17N3O2/c1-3-10(6-14,7-15)13-9-11-4-8(2)5-12-9/h4-5,14-15H,3,6-7H2,1-2H3,(H,11,12,13). The Morgan fingerprint density at radius 2 is 1.80 bits per heavy atom. The SMILES string of the molecule is CCC(CO)(CO)Nc1ncc(C)cn1. The largest absolute Gasteiger partial charge is 0.394 e. The van der Waals surface area contributed by atoms with E-state index in [2.05, 4.69) is 15.3 Å². The lowest BCUT2D eigenvalue weighted by atomic mass is 9.99. The molecule has 1 aromatic rings. The molecule has 1 heterocycles. The quantitative estimate of drug-likeness (QED) is 0.654. The highest BCUT2D eigenvalue weighted by Crippen LogP contribution is 2.14. The van der Waals surface area contributed by atoms with E-state index in [0.29, 0.717) is 12.4 Å². The van der Waals surface area contributed by atoms with E-state index in [4.69, 9.17) is 0 Å². The molecule has 0 aromatic carbocycles. The molecule has 84 valence electrons. The molecule has 0 amide bonds. The van der Waals surface area contributed by atoms with Crippen LogP contribution in [0.1, 0.15) is 18.9 Å². The molecule has 3 N–H and O–H groups in total. The molecular formula is C10H17N3O2. The van der Waals surface area contributed by atoms with E-state index in [9.17, 15) is 10.2 Å². The summed E-state index contributed by atoms with van der Waals surface area (Å²) in [6.45, 7) is 3.47. The fourth-order valence-corrected chi connectivity index (χ4v) is 1.14. The number of aliphatic hydroxyl groups excluding tert-OH is 2. The second kappa shape index (κ2) is 5.04. The van der Waals surface area contributed by atoms with Crippen molar-refractivity contribution in [1.82, 2.24) is 9.97 Å². The van der Waals surface area contributed by atoms with Gasteiger partial charge in [0.05, 0.1) is 18.8 Å². The van der Waals surface area contributed by atoms with E-state index in [1.54, 1.807) is 12.4 Å². The van der Waals surface area contributed by atoms with Crippen LogP contribution in [0.2, 0.25) is 0 Å². The van der Waals surface area contributed by atoms with Crippen molar-refractivity contribution in [3.05, 3.63) is 18.0 Å². The summed E-state index contributed by atoms with van der Waals surface area (Å²) in [7, 11) is 0. The molecule has 1 rings (SSSR count). The first-order valence-corrected chi connectivity index (χ1v) is 4.94. The minimum Gasteiger partial charge on any atom is -0.394 e. The predicted molar refractivity (Wildman–Crippen MR) is 57.6 cm³/mol. The molecule has 0 spiro atoms. The minimum absolute atomic E-state index is 0.156.